The minimum atomic E-state index is 0.514. The summed E-state index contributed by atoms with van der Waals surface area (Å²) in [6.07, 6.45) is 1.76. The third-order valence-electron chi connectivity index (χ3n) is 0.531. The van der Waals surface area contributed by atoms with Gasteiger partial charge in [-0.15, -0.1) is 0 Å². The van der Waals surface area contributed by atoms with Crippen molar-refractivity contribution in [3.8, 4) is 0 Å². The summed E-state index contributed by atoms with van der Waals surface area (Å²) in [6, 6.07) is 0.606. The van der Waals surface area contributed by atoms with Gasteiger partial charge in [0.2, 0.25) is 0 Å². The lowest BCUT2D eigenvalue weighted by molar-refractivity contribution is 0.213. The Morgan fingerprint density at radius 1 is 1.80 bits per heavy atom. The van der Waals surface area contributed by atoms with Crippen LogP contribution in [0.4, 0.5) is 0 Å². The zero-order valence-corrected chi connectivity index (χ0v) is 2.90. The molecule has 0 aromatic heterocycles. The van der Waals surface area contributed by atoms with Crippen LogP contribution < -0.4 is 0 Å². The van der Waals surface area contributed by atoms with Gasteiger partial charge in [0.05, 0.1) is 14.6 Å². The third-order valence-corrected chi connectivity index (χ3v) is 0.531. The number of hydrogen-bond donors (Lipinski definition) is 0. The molecule has 1 aliphatic rings. The lowest BCUT2D eigenvalue weighted by atomic mass is 10.6. The van der Waals surface area contributed by atoms with Gasteiger partial charge in [-0.2, -0.15) is 0 Å². The minimum Gasteiger partial charge on any atom is -0.373 e. The van der Waals surface area contributed by atoms with Crippen LogP contribution in [0.2, 0.25) is 0 Å². The number of rotatable bonds is 0. The Labute approximate surface area is 32.7 Å². The molecule has 1 aliphatic heterocycles. The van der Waals surface area contributed by atoms with E-state index in [-0.39, 0.29) is 0 Å². The molecule has 0 radical (unpaired) electrons. The van der Waals surface area contributed by atoms with E-state index in [1.165, 1.54) is 0 Å². The first-order valence-electron chi connectivity index (χ1n) is 2.13. The Morgan fingerprint density at radius 3 is 3.00 bits per heavy atom. The molecular weight excluding hydrogens is 64.0 g/mol. The molecule has 0 saturated heterocycles. The van der Waals surface area contributed by atoms with Crippen LogP contribution in [0, 0.1) is 0 Å². The van der Waals surface area contributed by atoms with Gasteiger partial charge in [0.25, 0.3) is 0 Å². The summed E-state index contributed by atoms with van der Waals surface area (Å²) in [5.41, 5.74) is 0. The van der Waals surface area contributed by atoms with Crippen molar-refractivity contribution in [2.45, 2.75) is 0 Å². The van der Waals surface area contributed by atoms with Crippen molar-refractivity contribution < 1.29 is 6.11 Å². The summed E-state index contributed by atoms with van der Waals surface area (Å²) < 4.78 is 11.6. The molecule has 1 nitrogen and oxygen atoms in total. The van der Waals surface area contributed by atoms with E-state index < -0.39 is 0 Å². The maximum atomic E-state index is 6.87. The first-order valence-corrected chi connectivity index (χ1v) is 1.63. The van der Waals surface area contributed by atoms with E-state index in [9.17, 15) is 0 Å². The van der Waals surface area contributed by atoms with Gasteiger partial charge < -0.3 is 4.74 Å². The highest BCUT2D eigenvalue weighted by Crippen LogP contribution is 1.85. The standard InChI is InChI=1S/C4H6O/c1-2-4-5-3-1/h1-2H,3-4H2/i1D. The van der Waals surface area contributed by atoms with Gasteiger partial charge in [0, 0.05) is 0 Å². The van der Waals surface area contributed by atoms with Crippen molar-refractivity contribution in [1.82, 2.24) is 0 Å². The molecule has 0 aliphatic carbocycles. The van der Waals surface area contributed by atoms with Crippen LogP contribution in [-0.2, 0) is 4.74 Å². The zero-order chi connectivity index (χ0) is 4.41. The molecule has 0 spiro atoms. The van der Waals surface area contributed by atoms with Crippen LogP contribution in [0.15, 0.2) is 12.1 Å². The molecule has 0 bridgehead atoms. The number of ether oxygens (including phenoxy) is 1. The zero-order valence-electron chi connectivity index (χ0n) is 3.90. The van der Waals surface area contributed by atoms with Crippen molar-refractivity contribution in [2.75, 3.05) is 13.2 Å². The predicted molar refractivity (Wildman–Crippen MR) is 20.0 cm³/mol. The molecule has 0 unspecified atom stereocenters. The van der Waals surface area contributed by atoms with Crippen LogP contribution in [0.5, 0.6) is 0 Å². The SMILES string of the molecule is [2H]C1=CCOC1. The molecule has 1 rings (SSSR count). The normalized spacial score (nSPS) is 25.6. The molecular formula is C4H6O. The average Bonchev–Trinajstić information content (AvgIpc) is 1.86. The molecule has 0 fully saturated rings. The van der Waals surface area contributed by atoms with E-state index >= 15 is 0 Å². The van der Waals surface area contributed by atoms with Crippen molar-refractivity contribution in [3.63, 3.8) is 0 Å². The maximum absolute atomic E-state index is 6.87. The fourth-order valence-electron chi connectivity index (χ4n) is 0.295. The lowest BCUT2D eigenvalue weighted by Gasteiger charge is -1.77. The summed E-state index contributed by atoms with van der Waals surface area (Å²) in [4.78, 5) is 0. The van der Waals surface area contributed by atoms with E-state index in [0.29, 0.717) is 19.3 Å². The highest BCUT2D eigenvalue weighted by molar-refractivity contribution is 4.86. The summed E-state index contributed by atoms with van der Waals surface area (Å²) in [5.74, 6) is 0. The molecule has 1 heterocycles. The van der Waals surface area contributed by atoms with E-state index in [4.69, 9.17) is 6.11 Å². The smallest absolute Gasteiger partial charge is 0.0652 e. The monoisotopic (exact) mass is 71.0 g/mol. The van der Waals surface area contributed by atoms with E-state index in [2.05, 4.69) is 0 Å². The fourth-order valence-corrected chi connectivity index (χ4v) is 0.295. The quantitative estimate of drug-likeness (QED) is 0.379. The Hall–Kier alpha value is -0.300. The van der Waals surface area contributed by atoms with E-state index in [1.54, 1.807) is 6.08 Å². The Balaban J connectivity index is 2.45. The van der Waals surface area contributed by atoms with Crippen LogP contribution in [-0.4, -0.2) is 13.2 Å². The maximum Gasteiger partial charge on any atom is 0.0652 e. The van der Waals surface area contributed by atoms with Crippen LogP contribution in [0.3, 0.4) is 0 Å². The lowest BCUT2D eigenvalue weighted by Crippen LogP contribution is -1.76. The Morgan fingerprint density at radius 2 is 2.80 bits per heavy atom. The number of hydrogen-bond acceptors (Lipinski definition) is 1. The molecule has 0 aromatic rings. The van der Waals surface area contributed by atoms with Crippen LogP contribution in [0.1, 0.15) is 1.37 Å². The first-order chi connectivity index (χ1) is 2.89. The predicted octanol–water partition coefficient (Wildman–Crippen LogP) is 0.573. The third kappa shape index (κ3) is 0.484. The van der Waals surface area contributed by atoms with Crippen LogP contribution in [0.25, 0.3) is 0 Å². The Kier molecular flexibility index (Phi) is 0.484. The van der Waals surface area contributed by atoms with Gasteiger partial charge in [0.15, 0.2) is 0 Å². The second-order valence-corrected chi connectivity index (χ2v) is 0.923. The van der Waals surface area contributed by atoms with Gasteiger partial charge in [-0.1, -0.05) is 12.1 Å². The molecule has 0 saturated carbocycles. The highest BCUT2D eigenvalue weighted by Gasteiger charge is 1.83. The topological polar surface area (TPSA) is 9.23 Å². The molecule has 28 valence electrons. The largest absolute Gasteiger partial charge is 0.373 e. The fraction of sp³-hybridized carbons (Fsp3) is 0.500. The van der Waals surface area contributed by atoms with Crippen molar-refractivity contribution in [3.05, 3.63) is 12.1 Å². The minimum absolute atomic E-state index is 0.514. The van der Waals surface area contributed by atoms with Crippen molar-refractivity contribution in [2.24, 2.45) is 0 Å². The van der Waals surface area contributed by atoms with Gasteiger partial charge >= 0.3 is 0 Å². The highest BCUT2D eigenvalue weighted by atomic mass is 16.5. The molecule has 0 aromatic carbocycles. The van der Waals surface area contributed by atoms with Gasteiger partial charge in [-0.05, 0) is 0 Å². The van der Waals surface area contributed by atoms with E-state index in [0.717, 1.165) is 0 Å². The molecule has 0 amide bonds. The second-order valence-electron chi connectivity index (χ2n) is 0.923. The van der Waals surface area contributed by atoms with Crippen LogP contribution >= 0.6 is 0 Å². The van der Waals surface area contributed by atoms with Gasteiger partial charge in [0.1, 0.15) is 0 Å². The summed E-state index contributed by atoms with van der Waals surface area (Å²) in [6.45, 7) is 1.15. The molecule has 1 heteroatoms. The summed E-state index contributed by atoms with van der Waals surface area (Å²) in [5, 5.41) is 0. The first kappa shape index (κ1) is 1.98. The second kappa shape index (κ2) is 1.22. The van der Waals surface area contributed by atoms with Gasteiger partial charge in [-0.25, -0.2) is 0 Å². The summed E-state index contributed by atoms with van der Waals surface area (Å²) >= 11 is 0. The van der Waals surface area contributed by atoms with Gasteiger partial charge in [-0.3, -0.25) is 0 Å². The molecule has 5 heavy (non-hydrogen) atoms. The van der Waals surface area contributed by atoms with E-state index in [1.807, 2.05) is 0 Å². The molecule has 0 N–H and O–H groups in total. The molecule has 0 atom stereocenters. The summed E-state index contributed by atoms with van der Waals surface area (Å²) in [7, 11) is 0. The average molecular weight is 71.1 g/mol. The Bertz CT molecular complexity index is 77.6. The van der Waals surface area contributed by atoms with Crippen molar-refractivity contribution >= 4 is 0 Å². The van der Waals surface area contributed by atoms with Crippen molar-refractivity contribution in [1.29, 1.82) is 0 Å².